The number of benzene rings is 1. The second-order valence-electron chi connectivity index (χ2n) is 5.31. The predicted octanol–water partition coefficient (Wildman–Crippen LogP) is 3.80. The molecule has 0 radical (unpaired) electrons. The van der Waals surface area contributed by atoms with E-state index in [1.54, 1.807) is 10.4 Å². The lowest BCUT2D eigenvalue weighted by Gasteiger charge is -2.18. The first-order valence-electron chi connectivity index (χ1n) is 6.19. The van der Waals surface area contributed by atoms with Gasteiger partial charge in [-0.2, -0.15) is 4.31 Å². The summed E-state index contributed by atoms with van der Waals surface area (Å²) in [5.41, 5.74) is 1.01. The van der Waals surface area contributed by atoms with Gasteiger partial charge >= 0.3 is 0 Å². The van der Waals surface area contributed by atoms with E-state index in [1.807, 2.05) is 13.0 Å². The zero-order valence-corrected chi connectivity index (χ0v) is 15.1. The topological polar surface area (TPSA) is 37.4 Å². The third-order valence-electron chi connectivity index (χ3n) is 3.79. The molecule has 1 aromatic carbocycles. The minimum atomic E-state index is -3.42. The Bertz CT molecular complexity index is 591. The van der Waals surface area contributed by atoms with Gasteiger partial charge in [0.1, 0.15) is 0 Å². The van der Waals surface area contributed by atoms with E-state index in [0.717, 1.165) is 10.0 Å². The molecule has 1 heterocycles. The summed E-state index contributed by atoms with van der Waals surface area (Å²) >= 11 is 6.77. The second kappa shape index (κ2) is 5.47. The second-order valence-corrected chi connectivity index (χ2v) is 8.92. The number of sulfonamides is 1. The monoisotopic (exact) mass is 409 g/mol. The van der Waals surface area contributed by atoms with Gasteiger partial charge in [-0.15, -0.1) is 0 Å². The van der Waals surface area contributed by atoms with E-state index in [2.05, 4.69) is 45.7 Å². The summed E-state index contributed by atoms with van der Waals surface area (Å²) in [6, 6.07) is 3.52. The van der Waals surface area contributed by atoms with Crippen molar-refractivity contribution in [1.82, 2.24) is 4.31 Å². The highest BCUT2D eigenvalue weighted by atomic mass is 79.9. The molecule has 1 aromatic rings. The molecule has 0 saturated carbocycles. The van der Waals surface area contributed by atoms with Crippen molar-refractivity contribution in [3.63, 3.8) is 0 Å². The van der Waals surface area contributed by atoms with Gasteiger partial charge in [-0.25, -0.2) is 8.42 Å². The van der Waals surface area contributed by atoms with Crippen LogP contribution < -0.4 is 0 Å². The molecule has 1 saturated heterocycles. The van der Waals surface area contributed by atoms with Crippen LogP contribution in [0, 0.1) is 18.8 Å². The third-order valence-corrected chi connectivity index (χ3v) is 7.43. The molecule has 2 rings (SSSR count). The molecular weight excluding hydrogens is 394 g/mol. The van der Waals surface area contributed by atoms with Gasteiger partial charge in [-0.3, -0.25) is 0 Å². The summed E-state index contributed by atoms with van der Waals surface area (Å²) in [6.07, 6.45) is 0. The van der Waals surface area contributed by atoms with Gasteiger partial charge in [-0.05, 0) is 52.4 Å². The minimum absolute atomic E-state index is 0.339. The van der Waals surface area contributed by atoms with Gasteiger partial charge in [-0.1, -0.05) is 29.8 Å². The molecule has 0 aromatic heterocycles. The summed E-state index contributed by atoms with van der Waals surface area (Å²) in [5, 5.41) is 0. The Balaban J connectivity index is 2.43. The van der Waals surface area contributed by atoms with E-state index in [1.165, 1.54) is 0 Å². The van der Waals surface area contributed by atoms with Crippen molar-refractivity contribution in [3.05, 3.63) is 26.6 Å². The van der Waals surface area contributed by atoms with Crippen molar-refractivity contribution in [2.75, 3.05) is 13.1 Å². The molecule has 0 spiro atoms. The minimum Gasteiger partial charge on any atom is -0.207 e. The number of aryl methyl sites for hydroxylation is 1. The van der Waals surface area contributed by atoms with E-state index in [0.29, 0.717) is 34.3 Å². The molecule has 0 bridgehead atoms. The molecule has 0 N–H and O–H groups in total. The molecule has 19 heavy (non-hydrogen) atoms. The van der Waals surface area contributed by atoms with Gasteiger partial charge in [0.15, 0.2) is 0 Å². The van der Waals surface area contributed by atoms with Crippen LogP contribution in [0.25, 0.3) is 0 Å². The fraction of sp³-hybridized carbons (Fsp3) is 0.538. The van der Waals surface area contributed by atoms with Gasteiger partial charge in [0.2, 0.25) is 10.0 Å². The van der Waals surface area contributed by atoms with E-state index in [-0.39, 0.29) is 0 Å². The van der Waals surface area contributed by atoms with Crippen LogP contribution in [0.1, 0.15) is 19.4 Å². The molecule has 106 valence electrons. The van der Waals surface area contributed by atoms with Crippen molar-refractivity contribution >= 4 is 41.9 Å². The first kappa shape index (κ1) is 15.5. The standard InChI is InChI=1S/C13H17Br2NO2S/c1-8-4-12(15)13(5-11(8)14)19(17,18)16-6-9(2)10(3)7-16/h4-5,9-10H,6-7H2,1-3H3. The van der Waals surface area contributed by atoms with Crippen LogP contribution in [-0.4, -0.2) is 25.8 Å². The highest BCUT2D eigenvalue weighted by Gasteiger charge is 2.36. The quantitative estimate of drug-likeness (QED) is 0.743. The largest absolute Gasteiger partial charge is 0.244 e. The molecule has 1 aliphatic heterocycles. The lowest BCUT2D eigenvalue weighted by Crippen LogP contribution is -2.29. The van der Waals surface area contributed by atoms with Crippen LogP contribution in [0.5, 0.6) is 0 Å². The lowest BCUT2D eigenvalue weighted by molar-refractivity contribution is 0.463. The average molecular weight is 411 g/mol. The Morgan fingerprint density at radius 1 is 1.11 bits per heavy atom. The maximum absolute atomic E-state index is 12.7. The molecular formula is C13H17Br2NO2S. The molecule has 3 nitrogen and oxygen atoms in total. The van der Waals surface area contributed by atoms with Crippen molar-refractivity contribution in [2.24, 2.45) is 11.8 Å². The zero-order valence-electron chi connectivity index (χ0n) is 11.2. The van der Waals surface area contributed by atoms with E-state index in [9.17, 15) is 8.42 Å². The molecule has 2 unspecified atom stereocenters. The van der Waals surface area contributed by atoms with Crippen LogP contribution in [0.3, 0.4) is 0 Å². The SMILES string of the molecule is Cc1cc(Br)c(S(=O)(=O)N2CC(C)C(C)C2)cc1Br. The smallest absolute Gasteiger partial charge is 0.207 e. The Hall–Kier alpha value is 0.0900. The zero-order chi connectivity index (χ0) is 14.4. The van der Waals surface area contributed by atoms with Crippen LogP contribution in [-0.2, 0) is 10.0 Å². The first-order valence-corrected chi connectivity index (χ1v) is 9.22. The Morgan fingerprint density at radius 2 is 1.63 bits per heavy atom. The van der Waals surface area contributed by atoms with E-state index < -0.39 is 10.0 Å². The first-order chi connectivity index (χ1) is 8.73. The summed E-state index contributed by atoms with van der Waals surface area (Å²) < 4.78 is 28.4. The highest BCUT2D eigenvalue weighted by Crippen LogP contribution is 2.34. The summed E-state index contributed by atoms with van der Waals surface area (Å²) in [7, 11) is -3.42. The molecule has 6 heteroatoms. The summed E-state index contributed by atoms with van der Waals surface area (Å²) in [4.78, 5) is 0.339. The number of hydrogen-bond donors (Lipinski definition) is 0. The maximum atomic E-state index is 12.7. The van der Waals surface area contributed by atoms with Gasteiger partial charge < -0.3 is 0 Å². The fourth-order valence-electron chi connectivity index (χ4n) is 2.24. The van der Waals surface area contributed by atoms with Gasteiger partial charge in [0.25, 0.3) is 0 Å². The number of nitrogens with zero attached hydrogens (tertiary/aromatic N) is 1. The Morgan fingerprint density at radius 3 is 2.16 bits per heavy atom. The van der Waals surface area contributed by atoms with Crippen LogP contribution in [0.2, 0.25) is 0 Å². The Labute approximate surface area is 131 Å². The van der Waals surface area contributed by atoms with Crippen LogP contribution in [0.15, 0.2) is 26.0 Å². The van der Waals surface area contributed by atoms with Gasteiger partial charge in [0, 0.05) is 22.0 Å². The normalized spacial score (nSPS) is 24.9. The molecule has 1 aliphatic rings. The van der Waals surface area contributed by atoms with E-state index >= 15 is 0 Å². The molecule has 0 aliphatic carbocycles. The highest BCUT2D eigenvalue weighted by molar-refractivity contribution is 9.11. The number of rotatable bonds is 2. The lowest BCUT2D eigenvalue weighted by atomic mass is 10.0. The van der Waals surface area contributed by atoms with Crippen LogP contribution >= 0.6 is 31.9 Å². The summed E-state index contributed by atoms with van der Waals surface area (Å²) in [5.74, 6) is 0.810. The van der Waals surface area contributed by atoms with Crippen molar-refractivity contribution in [3.8, 4) is 0 Å². The molecule has 0 amide bonds. The molecule has 1 fully saturated rings. The number of hydrogen-bond acceptors (Lipinski definition) is 2. The van der Waals surface area contributed by atoms with Crippen molar-refractivity contribution < 1.29 is 8.42 Å². The number of halogens is 2. The maximum Gasteiger partial charge on any atom is 0.244 e. The third kappa shape index (κ3) is 2.91. The summed E-state index contributed by atoms with van der Waals surface area (Å²) in [6.45, 7) is 7.33. The molecule has 2 atom stereocenters. The predicted molar refractivity (Wildman–Crippen MR) is 83.7 cm³/mol. The Kier molecular flexibility index (Phi) is 4.45. The van der Waals surface area contributed by atoms with Crippen LogP contribution in [0.4, 0.5) is 0 Å². The van der Waals surface area contributed by atoms with Crippen molar-refractivity contribution in [2.45, 2.75) is 25.7 Å². The van der Waals surface area contributed by atoms with Crippen molar-refractivity contribution in [1.29, 1.82) is 0 Å². The fourth-order valence-corrected chi connectivity index (χ4v) is 5.52. The average Bonchev–Trinajstić information content (AvgIpc) is 2.65. The van der Waals surface area contributed by atoms with E-state index in [4.69, 9.17) is 0 Å². The van der Waals surface area contributed by atoms with Gasteiger partial charge in [0.05, 0.1) is 4.90 Å².